The number of benzene rings is 2. The average Bonchev–Trinajstić information content (AvgIpc) is 2.44. The van der Waals surface area contributed by atoms with Crippen molar-refractivity contribution in [1.82, 2.24) is 0 Å². The largest absolute Gasteiger partial charge is 0.494 e. The maximum Gasteiger partial charge on any atom is 0.128 e. The van der Waals surface area contributed by atoms with Gasteiger partial charge in [-0.05, 0) is 62.2 Å². The Balaban J connectivity index is 2.07. The summed E-state index contributed by atoms with van der Waals surface area (Å²) in [5, 5.41) is 0.677. The lowest BCUT2D eigenvalue weighted by Gasteiger charge is -2.11. The monoisotopic (exact) mass is 305 g/mol. The zero-order valence-corrected chi connectivity index (χ0v) is 13.1. The standard InChI is InChI=1S/C17H20ClNO2/c1-3-20-14-6-8-15(9-7-14)21-16-5-4-13(10-12(2)19)17(18)11-16/h4-9,11-12H,3,10,19H2,1-2H3. The molecular weight excluding hydrogens is 286 g/mol. The van der Waals surface area contributed by atoms with Crippen molar-refractivity contribution >= 4 is 11.6 Å². The molecule has 2 aromatic rings. The molecule has 0 saturated heterocycles. The second-order valence-corrected chi connectivity index (χ2v) is 5.35. The predicted molar refractivity (Wildman–Crippen MR) is 86.5 cm³/mol. The van der Waals surface area contributed by atoms with E-state index in [1.165, 1.54) is 0 Å². The average molecular weight is 306 g/mol. The van der Waals surface area contributed by atoms with Crippen molar-refractivity contribution in [3.05, 3.63) is 53.1 Å². The fourth-order valence-electron chi connectivity index (χ4n) is 2.01. The number of nitrogens with two attached hydrogens (primary N) is 1. The maximum absolute atomic E-state index is 6.25. The summed E-state index contributed by atoms with van der Waals surface area (Å²) in [6, 6.07) is 13.3. The van der Waals surface area contributed by atoms with Gasteiger partial charge in [0.2, 0.25) is 0 Å². The third-order valence-corrected chi connectivity index (χ3v) is 3.29. The van der Waals surface area contributed by atoms with Crippen LogP contribution in [0.5, 0.6) is 17.2 Å². The first-order chi connectivity index (χ1) is 10.1. The van der Waals surface area contributed by atoms with Gasteiger partial charge < -0.3 is 15.2 Å². The molecule has 3 nitrogen and oxygen atoms in total. The summed E-state index contributed by atoms with van der Waals surface area (Å²) >= 11 is 6.25. The zero-order valence-electron chi connectivity index (χ0n) is 12.3. The Kier molecular flexibility index (Phi) is 5.48. The van der Waals surface area contributed by atoms with Crippen LogP contribution in [0.4, 0.5) is 0 Å². The first kappa shape index (κ1) is 15.7. The van der Waals surface area contributed by atoms with Crippen molar-refractivity contribution in [3.63, 3.8) is 0 Å². The van der Waals surface area contributed by atoms with E-state index in [-0.39, 0.29) is 6.04 Å². The molecule has 0 aliphatic rings. The Bertz CT molecular complexity index is 582. The molecule has 0 saturated carbocycles. The number of rotatable bonds is 6. The van der Waals surface area contributed by atoms with E-state index in [0.717, 1.165) is 23.5 Å². The van der Waals surface area contributed by atoms with Crippen LogP contribution in [0, 0.1) is 0 Å². The molecule has 1 atom stereocenters. The summed E-state index contributed by atoms with van der Waals surface area (Å²) in [4.78, 5) is 0. The second-order valence-electron chi connectivity index (χ2n) is 4.94. The Morgan fingerprint density at radius 3 is 2.24 bits per heavy atom. The molecule has 112 valence electrons. The van der Waals surface area contributed by atoms with E-state index in [1.807, 2.05) is 56.3 Å². The Morgan fingerprint density at radius 2 is 1.67 bits per heavy atom. The summed E-state index contributed by atoms with van der Waals surface area (Å²) in [7, 11) is 0. The first-order valence-corrected chi connectivity index (χ1v) is 7.41. The van der Waals surface area contributed by atoms with E-state index in [9.17, 15) is 0 Å². The van der Waals surface area contributed by atoms with Crippen molar-refractivity contribution in [1.29, 1.82) is 0 Å². The highest BCUT2D eigenvalue weighted by molar-refractivity contribution is 6.31. The number of hydrogen-bond donors (Lipinski definition) is 1. The molecule has 2 N–H and O–H groups in total. The second kappa shape index (κ2) is 7.34. The Labute approximate surface area is 130 Å². The van der Waals surface area contributed by atoms with Crippen LogP contribution < -0.4 is 15.2 Å². The lowest BCUT2D eigenvalue weighted by atomic mass is 10.1. The van der Waals surface area contributed by atoms with Gasteiger partial charge in [0, 0.05) is 11.1 Å². The zero-order chi connectivity index (χ0) is 15.2. The molecule has 0 aliphatic carbocycles. The van der Waals surface area contributed by atoms with Gasteiger partial charge in [-0.25, -0.2) is 0 Å². The van der Waals surface area contributed by atoms with E-state index in [1.54, 1.807) is 0 Å². The van der Waals surface area contributed by atoms with Gasteiger partial charge in [-0.2, -0.15) is 0 Å². The minimum Gasteiger partial charge on any atom is -0.494 e. The SMILES string of the molecule is CCOc1ccc(Oc2ccc(CC(C)N)c(Cl)c2)cc1. The molecule has 0 heterocycles. The third-order valence-electron chi connectivity index (χ3n) is 2.94. The lowest BCUT2D eigenvalue weighted by Crippen LogP contribution is -2.17. The maximum atomic E-state index is 6.25. The van der Waals surface area contributed by atoms with Gasteiger partial charge in [-0.1, -0.05) is 17.7 Å². The minimum atomic E-state index is 0.0837. The fourth-order valence-corrected chi connectivity index (χ4v) is 2.26. The van der Waals surface area contributed by atoms with E-state index in [0.29, 0.717) is 17.4 Å². The molecule has 4 heteroatoms. The summed E-state index contributed by atoms with van der Waals surface area (Å²) in [6.07, 6.45) is 0.752. The molecule has 1 unspecified atom stereocenters. The Morgan fingerprint density at radius 1 is 1.05 bits per heavy atom. The minimum absolute atomic E-state index is 0.0837. The van der Waals surface area contributed by atoms with E-state index in [2.05, 4.69) is 0 Å². The van der Waals surface area contributed by atoms with Gasteiger partial charge in [0.05, 0.1) is 6.61 Å². The van der Waals surface area contributed by atoms with Crippen molar-refractivity contribution in [2.24, 2.45) is 5.73 Å². The van der Waals surface area contributed by atoms with Crippen LogP contribution in [0.15, 0.2) is 42.5 Å². The molecule has 21 heavy (non-hydrogen) atoms. The number of ether oxygens (including phenoxy) is 2. The Hall–Kier alpha value is -1.71. The third kappa shape index (κ3) is 4.66. The summed E-state index contributed by atoms with van der Waals surface area (Å²) in [5.74, 6) is 2.28. The van der Waals surface area contributed by atoms with Gasteiger partial charge in [-0.15, -0.1) is 0 Å². The van der Waals surface area contributed by atoms with Crippen molar-refractivity contribution in [3.8, 4) is 17.2 Å². The lowest BCUT2D eigenvalue weighted by molar-refractivity contribution is 0.339. The fraction of sp³-hybridized carbons (Fsp3) is 0.294. The molecule has 0 aliphatic heterocycles. The van der Waals surface area contributed by atoms with Crippen LogP contribution in [0.3, 0.4) is 0 Å². The molecular formula is C17H20ClNO2. The van der Waals surface area contributed by atoms with Gasteiger partial charge in [0.15, 0.2) is 0 Å². The summed E-state index contributed by atoms with van der Waals surface area (Å²) < 4.78 is 11.2. The van der Waals surface area contributed by atoms with Crippen LogP contribution in [-0.4, -0.2) is 12.6 Å². The van der Waals surface area contributed by atoms with Crippen LogP contribution in [-0.2, 0) is 6.42 Å². The normalized spacial score (nSPS) is 12.0. The molecule has 0 radical (unpaired) electrons. The highest BCUT2D eigenvalue weighted by Crippen LogP contribution is 2.28. The van der Waals surface area contributed by atoms with Gasteiger partial charge in [-0.3, -0.25) is 0 Å². The topological polar surface area (TPSA) is 44.5 Å². The number of halogens is 1. The quantitative estimate of drug-likeness (QED) is 0.859. The molecule has 2 aromatic carbocycles. The van der Waals surface area contributed by atoms with Crippen LogP contribution in [0.2, 0.25) is 5.02 Å². The predicted octanol–water partition coefficient (Wildman–Crippen LogP) is 4.42. The van der Waals surface area contributed by atoms with Crippen molar-refractivity contribution in [2.75, 3.05) is 6.61 Å². The smallest absolute Gasteiger partial charge is 0.128 e. The van der Waals surface area contributed by atoms with E-state index in [4.69, 9.17) is 26.8 Å². The molecule has 0 amide bonds. The van der Waals surface area contributed by atoms with Crippen LogP contribution in [0.1, 0.15) is 19.4 Å². The molecule has 0 aromatic heterocycles. The van der Waals surface area contributed by atoms with Gasteiger partial charge in [0.1, 0.15) is 17.2 Å². The van der Waals surface area contributed by atoms with Crippen LogP contribution in [0.25, 0.3) is 0 Å². The van der Waals surface area contributed by atoms with Crippen molar-refractivity contribution < 1.29 is 9.47 Å². The summed E-state index contributed by atoms with van der Waals surface area (Å²) in [6.45, 7) is 4.56. The molecule has 2 rings (SSSR count). The van der Waals surface area contributed by atoms with Gasteiger partial charge >= 0.3 is 0 Å². The number of hydrogen-bond acceptors (Lipinski definition) is 3. The summed E-state index contributed by atoms with van der Waals surface area (Å²) in [5.41, 5.74) is 6.83. The van der Waals surface area contributed by atoms with Crippen LogP contribution >= 0.6 is 11.6 Å². The highest BCUT2D eigenvalue weighted by atomic mass is 35.5. The van der Waals surface area contributed by atoms with Crippen molar-refractivity contribution in [2.45, 2.75) is 26.3 Å². The first-order valence-electron chi connectivity index (χ1n) is 7.03. The molecule has 0 fully saturated rings. The highest BCUT2D eigenvalue weighted by Gasteiger charge is 2.06. The van der Waals surface area contributed by atoms with Gasteiger partial charge in [0.25, 0.3) is 0 Å². The molecule has 0 bridgehead atoms. The molecule has 0 spiro atoms. The van der Waals surface area contributed by atoms with E-state index < -0.39 is 0 Å². The van der Waals surface area contributed by atoms with E-state index >= 15 is 0 Å².